The third-order valence-corrected chi connectivity index (χ3v) is 5.91. The predicted octanol–water partition coefficient (Wildman–Crippen LogP) is 2.13. The van der Waals surface area contributed by atoms with Gasteiger partial charge in [-0.2, -0.15) is 9.97 Å². The van der Waals surface area contributed by atoms with Gasteiger partial charge in [-0.15, -0.1) is 0 Å². The zero-order valence-electron chi connectivity index (χ0n) is 16.5. The van der Waals surface area contributed by atoms with Crippen LogP contribution in [0.5, 0.6) is 5.75 Å². The van der Waals surface area contributed by atoms with Crippen LogP contribution in [-0.2, 0) is 23.3 Å². The van der Waals surface area contributed by atoms with Gasteiger partial charge in [-0.3, -0.25) is 4.57 Å². The maximum absolute atomic E-state index is 12.9. The number of imidazole rings is 2. The summed E-state index contributed by atoms with van der Waals surface area (Å²) in [5.74, 6) is 0.955. The highest BCUT2D eigenvalue weighted by Crippen LogP contribution is 2.20. The maximum Gasteiger partial charge on any atom is 0.251 e. The number of ether oxygens (including phenoxy) is 1. The molecule has 0 radical (unpaired) electrons. The number of sulfone groups is 1. The summed E-state index contributed by atoms with van der Waals surface area (Å²) in [6.45, 7) is 0. The van der Waals surface area contributed by atoms with E-state index >= 15 is 0 Å². The number of aromatic nitrogens is 6. The van der Waals surface area contributed by atoms with E-state index < -0.39 is 9.84 Å². The zero-order valence-corrected chi connectivity index (χ0v) is 17.3. The summed E-state index contributed by atoms with van der Waals surface area (Å²) in [5, 5.41) is -0.239. The van der Waals surface area contributed by atoms with E-state index in [1.165, 1.54) is 0 Å². The van der Waals surface area contributed by atoms with Gasteiger partial charge < -0.3 is 9.30 Å². The highest BCUT2D eigenvalue weighted by atomic mass is 32.2. The van der Waals surface area contributed by atoms with Gasteiger partial charge in [0.05, 0.1) is 19.2 Å². The molecule has 0 unspecified atom stereocenters. The molecule has 4 rings (SSSR count). The van der Waals surface area contributed by atoms with Crippen molar-refractivity contribution in [3.63, 3.8) is 0 Å². The minimum absolute atomic E-state index is 0.199. The Kier molecular flexibility index (Phi) is 5.32. The van der Waals surface area contributed by atoms with Crippen LogP contribution in [-0.4, -0.2) is 50.4 Å². The summed E-state index contributed by atoms with van der Waals surface area (Å²) < 4.78 is 34.2. The van der Waals surface area contributed by atoms with Crippen molar-refractivity contribution in [1.29, 1.82) is 0 Å². The molecule has 0 bridgehead atoms. The van der Waals surface area contributed by atoms with Crippen LogP contribution >= 0.6 is 0 Å². The molecule has 0 fully saturated rings. The number of benzene rings is 1. The molecule has 4 aromatic rings. The summed E-state index contributed by atoms with van der Waals surface area (Å²) in [7, 11) is -0.360. The lowest BCUT2D eigenvalue weighted by atomic mass is 10.1. The average molecular weight is 424 g/mol. The Balaban J connectivity index is 1.58. The first-order valence-corrected chi connectivity index (χ1v) is 10.8. The second-order valence-electron chi connectivity index (χ2n) is 6.63. The minimum Gasteiger partial charge on any atom is -0.497 e. The van der Waals surface area contributed by atoms with Gasteiger partial charge in [-0.05, 0) is 24.1 Å². The second kappa shape index (κ2) is 8.07. The van der Waals surface area contributed by atoms with Crippen LogP contribution < -0.4 is 4.74 Å². The van der Waals surface area contributed by atoms with Crippen LogP contribution in [0.25, 0.3) is 17.0 Å². The number of nitrogens with zero attached hydrogens (tertiary/aromatic N) is 6. The molecule has 3 aromatic heterocycles. The lowest BCUT2D eigenvalue weighted by Crippen LogP contribution is -2.13. The van der Waals surface area contributed by atoms with Crippen molar-refractivity contribution in [2.24, 2.45) is 7.05 Å². The van der Waals surface area contributed by atoms with E-state index in [4.69, 9.17) is 4.74 Å². The smallest absolute Gasteiger partial charge is 0.251 e. The van der Waals surface area contributed by atoms with Gasteiger partial charge in [-0.25, -0.2) is 18.4 Å². The van der Waals surface area contributed by atoms with Crippen LogP contribution in [0, 0.1) is 0 Å². The molecule has 30 heavy (non-hydrogen) atoms. The molecule has 9 nitrogen and oxygen atoms in total. The van der Waals surface area contributed by atoms with E-state index in [0.29, 0.717) is 23.4 Å². The van der Waals surface area contributed by atoms with Crippen molar-refractivity contribution >= 4 is 21.0 Å². The molecule has 0 aliphatic heterocycles. The Morgan fingerprint density at radius 1 is 1.10 bits per heavy atom. The largest absolute Gasteiger partial charge is 0.497 e. The van der Waals surface area contributed by atoms with Gasteiger partial charge in [0.15, 0.2) is 17.0 Å². The summed E-state index contributed by atoms with van der Waals surface area (Å²) >= 11 is 0. The Bertz CT molecular complexity index is 1290. The van der Waals surface area contributed by atoms with Crippen LogP contribution in [0.15, 0.2) is 66.6 Å². The van der Waals surface area contributed by atoms with Crippen LogP contribution in [0.3, 0.4) is 0 Å². The monoisotopic (exact) mass is 424 g/mol. The van der Waals surface area contributed by atoms with Crippen molar-refractivity contribution in [2.45, 2.75) is 11.6 Å². The molecule has 0 atom stereocenters. The Hall–Kier alpha value is -3.53. The standard InChI is InChI=1S/C20H20N6O3S/c1-25-14-22-17-18(25)23-20(24-19(17)26-11-10-21-13-26)30(27,28)12-4-3-5-15-6-8-16(29-2)9-7-15/h3-4,6-11,13-14H,5,12H2,1-2H3. The predicted molar refractivity (Wildman–Crippen MR) is 111 cm³/mol. The average Bonchev–Trinajstić information content (AvgIpc) is 3.41. The van der Waals surface area contributed by atoms with E-state index in [0.717, 1.165) is 11.3 Å². The van der Waals surface area contributed by atoms with Gasteiger partial charge in [0.25, 0.3) is 5.16 Å². The molecular formula is C20H20N6O3S. The second-order valence-corrected chi connectivity index (χ2v) is 8.56. The fourth-order valence-electron chi connectivity index (χ4n) is 2.93. The van der Waals surface area contributed by atoms with E-state index in [1.807, 2.05) is 30.3 Å². The highest BCUT2D eigenvalue weighted by Gasteiger charge is 2.22. The number of methoxy groups -OCH3 is 1. The van der Waals surface area contributed by atoms with Crippen LogP contribution in [0.1, 0.15) is 5.56 Å². The van der Waals surface area contributed by atoms with Crippen molar-refractivity contribution in [3.05, 3.63) is 67.0 Å². The Morgan fingerprint density at radius 2 is 1.90 bits per heavy atom. The number of hydrogen-bond acceptors (Lipinski definition) is 7. The normalized spacial score (nSPS) is 12.1. The van der Waals surface area contributed by atoms with Crippen molar-refractivity contribution < 1.29 is 13.2 Å². The maximum atomic E-state index is 12.9. The molecule has 0 N–H and O–H groups in total. The molecule has 0 saturated carbocycles. The quantitative estimate of drug-likeness (QED) is 0.331. The van der Waals surface area contributed by atoms with Gasteiger partial charge in [0.2, 0.25) is 9.84 Å². The molecule has 0 spiro atoms. The van der Waals surface area contributed by atoms with Crippen molar-refractivity contribution in [2.75, 3.05) is 12.9 Å². The summed E-state index contributed by atoms with van der Waals surface area (Å²) in [6, 6.07) is 7.62. The summed E-state index contributed by atoms with van der Waals surface area (Å²) in [4.78, 5) is 16.8. The number of hydrogen-bond donors (Lipinski definition) is 0. The fraction of sp³-hybridized carbons (Fsp3) is 0.200. The topological polar surface area (TPSA) is 105 Å². The molecular weight excluding hydrogens is 404 g/mol. The fourth-order valence-corrected chi connectivity index (χ4v) is 3.92. The lowest BCUT2D eigenvalue weighted by Gasteiger charge is -2.06. The summed E-state index contributed by atoms with van der Waals surface area (Å²) in [5.41, 5.74) is 2.00. The first-order chi connectivity index (χ1) is 14.5. The SMILES string of the molecule is COc1ccc(CC=CCS(=O)(=O)c2nc(-n3ccnc3)c3ncn(C)c3n2)cc1. The van der Waals surface area contributed by atoms with Gasteiger partial charge in [0, 0.05) is 19.4 Å². The van der Waals surface area contributed by atoms with Gasteiger partial charge in [0.1, 0.15) is 12.1 Å². The van der Waals surface area contributed by atoms with Gasteiger partial charge in [-0.1, -0.05) is 24.3 Å². The Morgan fingerprint density at radius 3 is 2.60 bits per heavy atom. The number of allylic oxidation sites excluding steroid dienone is 1. The summed E-state index contributed by atoms with van der Waals surface area (Å²) in [6.07, 6.45) is 10.4. The lowest BCUT2D eigenvalue weighted by molar-refractivity contribution is 0.414. The highest BCUT2D eigenvalue weighted by molar-refractivity contribution is 7.91. The van der Waals surface area contributed by atoms with E-state index in [2.05, 4.69) is 19.9 Å². The first kappa shape index (κ1) is 19.8. The number of aryl methyl sites for hydroxylation is 1. The number of fused-ring (bicyclic) bond motifs is 1. The molecule has 0 aliphatic rings. The molecule has 0 aliphatic carbocycles. The minimum atomic E-state index is -3.73. The molecule has 3 heterocycles. The molecule has 1 aromatic carbocycles. The van der Waals surface area contributed by atoms with Crippen LogP contribution in [0.4, 0.5) is 0 Å². The molecule has 154 valence electrons. The molecule has 0 saturated heterocycles. The van der Waals surface area contributed by atoms with Gasteiger partial charge >= 0.3 is 0 Å². The van der Waals surface area contributed by atoms with Crippen molar-refractivity contribution in [1.82, 2.24) is 29.1 Å². The van der Waals surface area contributed by atoms with E-state index in [-0.39, 0.29) is 10.9 Å². The number of rotatable bonds is 7. The van der Waals surface area contributed by atoms with E-state index in [1.54, 1.807) is 54.4 Å². The third-order valence-electron chi connectivity index (χ3n) is 4.54. The Labute approximate surface area is 173 Å². The van der Waals surface area contributed by atoms with Crippen LogP contribution in [0.2, 0.25) is 0 Å². The van der Waals surface area contributed by atoms with E-state index in [9.17, 15) is 8.42 Å². The molecule has 0 amide bonds. The van der Waals surface area contributed by atoms with Crippen molar-refractivity contribution in [3.8, 4) is 11.6 Å². The third kappa shape index (κ3) is 3.94. The zero-order chi connectivity index (χ0) is 21.1. The molecule has 10 heteroatoms. The first-order valence-electron chi connectivity index (χ1n) is 9.16.